The van der Waals surface area contributed by atoms with Crippen LogP contribution >= 0.6 is 0 Å². The molecule has 2 N–H and O–H groups in total. The molecule has 1 unspecified atom stereocenters. The quantitative estimate of drug-likeness (QED) is 0.569. The number of halogens is 1. The molecule has 0 aromatic heterocycles. The Balaban J connectivity index is 2.82. The predicted octanol–water partition coefficient (Wildman–Crippen LogP) is 2.07. The molecule has 116 valence electrons. The van der Waals surface area contributed by atoms with Gasteiger partial charge < -0.3 is 15.4 Å². The summed E-state index contributed by atoms with van der Waals surface area (Å²) in [4.78, 5) is 22.1. The van der Waals surface area contributed by atoms with Crippen LogP contribution in [0.2, 0.25) is 0 Å². The number of nitrogens with one attached hydrogen (secondary N) is 2. The second kappa shape index (κ2) is 8.24. The van der Waals surface area contributed by atoms with Gasteiger partial charge in [0.1, 0.15) is 11.9 Å². The molecule has 6 heteroatoms. The van der Waals surface area contributed by atoms with Gasteiger partial charge >= 0.3 is 5.97 Å². The minimum atomic E-state index is -0.539. The Morgan fingerprint density at radius 1 is 1.43 bits per heavy atom. The summed E-state index contributed by atoms with van der Waals surface area (Å²) in [5.74, 6) is -0.802. The highest BCUT2D eigenvalue weighted by Gasteiger charge is 2.23. The molecule has 0 radical (unpaired) electrons. The van der Waals surface area contributed by atoms with Crippen molar-refractivity contribution in [2.24, 2.45) is 5.92 Å². The summed E-state index contributed by atoms with van der Waals surface area (Å²) in [5, 5.41) is 5.39. The molecule has 1 aromatic rings. The second-order valence-corrected chi connectivity index (χ2v) is 4.92. The third-order valence-electron chi connectivity index (χ3n) is 2.96. The van der Waals surface area contributed by atoms with Gasteiger partial charge in [-0.25, -0.2) is 9.18 Å². The number of ether oxygens (including phenoxy) is 1. The number of amides is 1. The normalized spacial score (nSPS) is 11.9. The Bertz CT molecular complexity index is 492. The number of rotatable bonds is 8. The summed E-state index contributed by atoms with van der Waals surface area (Å²) >= 11 is 0. The zero-order chi connectivity index (χ0) is 15.8. The largest absolute Gasteiger partial charge is 0.464 e. The third-order valence-corrected chi connectivity index (χ3v) is 2.96. The molecule has 1 aromatic carbocycles. The van der Waals surface area contributed by atoms with Crippen LogP contribution < -0.4 is 10.6 Å². The fourth-order valence-corrected chi connectivity index (χ4v) is 1.84. The monoisotopic (exact) mass is 296 g/mol. The number of hydrogen-bond acceptors (Lipinski definition) is 4. The molecule has 0 aliphatic carbocycles. The Labute approximate surface area is 123 Å². The second-order valence-electron chi connectivity index (χ2n) is 4.92. The molecule has 0 spiro atoms. The fourth-order valence-electron chi connectivity index (χ4n) is 1.84. The molecule has 5 nitrogen and oxygen atoms in total. The lowest BCUT2D eigenvalue weighted by Gasteiger charge is -2.21. The molecule has 21 heavy (non-hydrogen) atoms. The topological polar surface area (TPSA) is 67.4 Å². The highest BCUT2D eigenvalue weighted by Crippen LogP contribution is 2.18. The van der Waals surface area contributed by atoms with Crippen molar-refractivity contribution >= 4 is 18.1 Å². The standard InChI is InChI=1S/C15H21FN2O3/c1-4-21-15(20)14(10(2)3)18-12-6-5-11(8-17-9-19)13(16)7-12/h5-7,9-10,14,18H,4,8H2,1-3H3,(H,17,19). The van der Waals surface area contributed by atoms with E-state index in [1.165, 1.54) is 6.07 Å². The smallest absolute Gasteiger partial charge is 0.328 e. The Morgan fingerprint density at radius 2 is 2.14 bits per heavy atom. The van der Waals surface area contributed by atoms with Crippen LogP contribution in [0.1, 0.15) is 26.3 Å². The maximum atomic E-state index is 13.9. The first-order valence-corrected chi connectivity index (χ1v) is 6.88. The molecule has 0 heterocycles. The van der Waals surface area contributed by atoms with E-state index in [9.17, 15) is 14.0 Å². The highest BCUT2D eigenvalue weighted by atomic mass is 19.1. The van der Waals surface area contributed by atoms with Crippen LogP contribution in [0.25, 0.3) is 0 Å². The number of carbonyl (C=O) groups excluding carboxylic acids is 2. The zero-order valence-corrected chi connectivity index (χ0v) is 12.5. The molecule has 1 amide bonds. The molecule has 0 saturated heterocycles. The fraction of sp³-hybridized carbons (Fsp3) is 0.467. The van der Waals surface area contributed by atoms with Gasteiger partial charge in [0.25, 0.3) is 0 Å². The number of anilines is 1. The summed E-state index contributed by atoms with van der Waals surface area (Å²) in [6, 6.07) is 4.00. The number of hydrogen-bond donors (Lipinski definition) is 2. The lowest BCUT2D eigenvalue weighted by molar-refractivity contribution is -0.145. The zero-order valence-electron chi connectivity index (χ0n) is 12.5. The minimum Gasteiger partial charge on any atom is -0.464 e. The van der Waals surface area contributed by atoms with Crippen molar-refractivity contribution in [3.63, 3.8) is 0 Å². The Hall–Kier alpha value is -2.11. The predicted molar refractivity (Wildman–Crippen MR) is 78.2 cm³/mol. The molecule has 0 fully saturated rings. The summed E-state index contributed by atoms with van der Waals surface area (Å²) in [6.07, 6.45) is 0.515. The molecule has 1 atom stereocenters. The van der Waals surface area contributed by atoms with Crippen molar-refractivity contribution in [2.75, 3.05) is 11.9 Å². The van der Waals surface area contributed by atoms with E-state index in [1.807, 2.05) is 13.8 Å². The van der Waals surface area contributed by atoms with E-state index in [2.05, 4.69) is 10.6 Å². The highest BCUT2D eigenvalue weighted by molar-refractivity contribution is 5.79. The first-order chi connectivity index (χ1) is 9.99. The maximum absolute atomic E-state index is 13.9. The van der Waals surface area contributed by atoms with Crippen LogP contribution in [-0.2, 0) is 20.9 Å². The molecule has 0 aliphatic heterocycles. The van der Waals surface area contributed by atoms with Gasteiger partial charge in [-0.15, -0.1) is 0 Å². The van der Waals surface area contributed by atoms with E-state index in [1.54, 1.807) is 19.1 Å². The molecule has 0 saturated carbocycles. The molecular formula is C15H21FN2O3. The number of benzene rings is 1. The first kappa shape index (κ1) is 16.9. The lowest BCUT2D eigenvalue weighted by Crippen LogP contribution is -2.36. The Morgan fingerprint density at radius 3 is 2.67 bits per heavy atom. The van der Waals surface area contributed by atoms with Gasteiger partial charge in [0, 0.05) is 17.8 Å². The van der Waals surface area contributed by atoms with E-state index in [4.69, 9.17) is 4.74 Å². The molecule has 1 rings (SSSR count). The van der Waals surface area contributed by atoms with Crippen LogP contribution in [0.3, 0.4) is 0 Å². The van der Waals surface area contributed by atoms with Gasteiger partial charge in [-0.2, -0.15) is 0 Å². The summed E-state index contributed by atoms with van der Waals surface area (Å²) < 4.78 is 18.9. The number of esters is 1. The van der Waals surface area contributed by atoms with Crippen LogP contribution in [-0.4, -0.2) is 25.0 Å². The maximum Gasteiger partial charge on any atom is 0.328 e. The average Bonchev–Trinajstić information content (AvgIpc) is 2.43. The van der Waals surface area contributed by atoms with Crippen molar-refractivity contribution in [1.29, 1.82) is 0 Å². The van der Waals surface area contributed by atoms with E-state index in [-0.39, 0.29) is 18.4 Å². The van der Waals surface area contributed by atoms with Crippen LogP contribution in [0, 0.1) is 11.7 Å². The Kier molecular flexibility index (Phi) is 6.65. The van der Waals surface area contributed by atoms with Crippen molar-refractivity contribution in [3.8, 4) is 0 Å². The van der Waals surface area contributed by atoms with Crippen LogP contribution in [0.4, 0.5) is 10.1 Å². The third kappa shape index (κ3) is 5.06. The SMILES string of the molecule is CCOC(=O)C(Nc1ccc(CNC=O)c(F)c1)C(C)C. The molecule has 0 bridgehead atoms. The van der Waals surface area contributed by atoms with Crippen LogP contribution in [0.5, 0.6) is 0 Å². The van der Waals surface area contributed by atoms with Gasteiger partial charge in [-0.3, -0.25) is 4.79 Å². The molecule has 0 aliphatic rings. The lowest BCUT2D eigenvalue weighted by atomic mass is 10.0. The molecular weight excluding hydrogens is 275 g/mol. The van der Waals surface area contributed by atoms with Crippen molar-refractivity contribution < 1.29 is 18.7 Å². The van der Waals surface area contributed by atoms with Crippen molar-refractivity contribution in [2.45, 2.75) is 33.4 Å². The average molecular weight is 296 g/mol. The van der Waals surface area contributed by atoms with Gasteiger partial charge in [0.05, 0.1) is 6.61 Å². The summed E-state index contributed by atoms with van der Waals surface area (Å²) in [7, 11) is 0. The van der Waals surface area contributed by atoms with Gasteiger partial charge in [0.2, 0.25) is 6.41 Å². The summed E-state index contributed by atoms with van der Waals surface area (Å²) in [6.45, 7) is 5.93. The van der Waals surface area contributed by atoms with E-state index >= 15 is 0 Å². The van der Waals surface area contributed by atoms with Crippen molar-refractivity contribution in [1.82, 2.24) is 5.32 Å². The van der Waals surface area contributed by atoms with E-state index in [0.717, 1.165) is 0 Å². The first-order valence-electron chi connectivity index (χ1n) is 6.88. The summed E-state index contributed by atoms with van der Waals surface area (Å²) in [5.41, 5.74) is 0.874. The van der Waals surface area contributed by atoms with Crippen LogP contribution in [0.15, 0.2) is 18.2 Å². The van der Waals surface area contributed by atoms with E-state index < -0.39 is 11.9 Å². The van der Waals surface area contributed by atoms with Gasteiger partial charge in [-0.1, -0.05) is 19.9 Å². The van der Waals surface area contributed by atoms with Crippen molar-refractivity contribution in [3.05, 3.63) is 29.6 Å². The van der Waals surface area contributed by atoms with Gasteiger partial charge in [0.15, 0.2) is 0 Å². The number of carbonyl (C=O) groups is 2. The van der Waals surface area contributed by atoms with Gasteiger partial charge in [-0.05, 0) is 25.0 Å². The van der Waals surface area contributed by atoms with E-state index in [0.29, 0.717) is 24.3 Å². The minimum absolute atomic E-state index is 0.00326.